The highest BCUT2D eigenvalue weighted by molar-refractivity contribution is 7.99. The first-order valence-electron chi connectivity index (χ1n) is 9.49. The molecule has 1 fully saturated rings. The normalized spacial score (nSPS) is 15.7. The Morgan fingerprint density at radius 3 is 2.74 bits per heavy atom. The first-order valence-corrected chi connectivity index (χ1v) is 10.5. The molecule has 1 aromatic carbocycles. The number of benzene rings is 1. The Bertz CT molecular complexity index is 799. The van der Waals surface area contributed by atoms with Gasteiger partial charge in [0.1, 0.15) is 5.75 Å². The Morgan fingerprint density at radius 1 is 1.30 bits per heavy atom. The molecule has 1 heterocycles. The van der Waals surface area contributed by atoms with E-state index in [1.54, 1.807) is 0 Å². The van der Waals surface area contributed by atoms with Crippen LogP contribution in [-0.2, 0) is 11.8 Å². The minimum atomic E-state index is -0.230. The molecule has 0 radical (unpaired) electrons. The summed E-state index contributed by atoms with van der Waals surface area (Å²) >= 11 is 1.41. The number of hydrogen-bond acceptors (Lipinski definition) is 5. The lowest BCUT2D eigenvalue weighted by Crippen LogP contribution is -2.33. The highest BCUT2D eigenvalue weighted by atomic mass is 32.2. The lowest BCUT2D eigenvalue weighted by atomic mass is 10.1. The van der Waals surface area contributed by atoms with Gasteiger partial charge >= 0.3 is 0 Å². The van der Waals surface area contributed by atoms with E-state index in [1.807, 2.05) is 30.7 Å². The van der Waals surface area contributed by atoms with E-state index in [-0.39, 0.29) is 12.0 Å². The molecule has 1 aliphatic rings. The summed E-state index contributed by atoms with van der Waals surface area (Å²) in [6.45, 7) is 6.11. The first kappa shape index (κ1) is 19.7. The van der Waals surface area contributed by atoms with Gasteiger partial charge < -0.3 is 14.6 Å². The quantitative estimate of drug-likeness (QED) is 0.732. The number of thioether (sulfide) groups is 1. The predicted octanol–water partition coefficient (Wildman–Crippen LogP) is 3.72. The fraction of sp³-hybridized carbons (Fsp3) is 0.550. The van der Waals surface area contributed by atoms with E-state index in [2.05, 4.69) is 35.4 Å². The predicted molar refractivity (Wildman–Crippen MR) is 107 cm³/mol. The van der Waals surface area contributed by atoms with Crippen LogP contribution >= 0.6 is 11.8 Å². The van der Waals surface area contributed by atoms with Crippen molar-refractivity contribution in [3.05, 3.63) is 35.2 Å². The summed E-state index contributed by atoms with van der Waals surface area (Å²) < 4.78 is 7.93. The van der Waals surface area contributed by atoms with Gasteiger partial charge in [0.15, 0.2) is 17.1 Å². The molecule has 2 aromatic rings. The molecule has 1 amide bonds. The summed E-state index contributed by atoms with van der Waals surface area (Å²) in [7, 11) is 1.91. The number of nitrogens with zero attached hydrogens (tertiary/aromatic N) is 3. The molecule has 0 spiro atoms. The van der Waals surface area contributed by atoms with Crippen LogP contribution in [0.5, 0.6) is 5.75 Å². The van der Waals surface area contributed by atoms with Gasteiger partial charge in [0.25, 0.3) is 0 Å². The highest BCUT2D eigenvalue weighted by Crippen LogP contribution is 2.25. The van der Waals surface area contributed by atoms with Gasteiger partial charge in [-0.25, -0.2) is 0 Å². The number of amides is 1. The topological polar surface area (TPSA) is 69.0 Å². The van der Waals surface area contributed by atoms with Crippen molar-refractivity contribution in [2.24, 2.45) is 7.05 Å². The number of aryl methyl sites for hydroxylation is 2. The summed E-state index contributed by atoms with van der Waals surface area (Å²) in [5.41, 5.74) is 2.44. The maximum Gasteiger partial charge on any atom is 0.230 e. The molecule has 1 aliphatic carbocycles. The largest absolute Gasteiger partial charge is 0.483 e. The molecule has 0 saturated heterocycles. The van der Waals surface area contributed by atoms with E-state index < -0.39 is 0 Å². The van der Waals surface area contributed by atoms with E-state index in [0.29, 0.717) is 11.8 Å². The Hall–Kier alpha value is -2.02. The van der Waals surface area contributed by atoms with Crippen LogP contribution in [0.2, 0.25) is 0 Å². The van der Waals surface area contributed by atoms with Crippen molar-refractivity contribution in [3.8, 4) is 5.75 Å². The van der Waals surface area contributed by atoms with E-state index in [4.69, 9.17) is 4.74 Å². The summed E-state index contributed by atoms with van der Waals surface area (Å²) in [5, 5.41) is 12.3. The highest BCUT2D eigenvalue weighted by Gasteiger charge is 2.20. The summed E-state index contributed by atoms with van der Waals surface area (Å²) in [4.78, 5) is 12.1. The van der Waals surface area contributed by atoms with Crippen molar-refractivity contribution in [2.45, 2.75) is 63.8 Å². The van der Waals surface area contributed by atoms with Gasteiger partial charge in [-0.1, -0.05) is 30.7 Å². The second-order valence-electron chi connectivity index (χ2n) is 7.24. The zero-order valence-corrected chi connectivity index (χ0v) is 17.3. The Labute approximate surface area is 165 Å². The number of aromatic nitrogens is 3. The zero-order valence-electron chi connectivity index (χ0n) is 16.5. The number of hydrogen-bond donors (Lipinski definition) is 1. The maximum atomic E-state index is 12.1. The average Bonchev–Trinajstić information content (AvgIpc) is 3.26. The van der Waals surface area contributed by atoms with Crippen LogP contribution in [0, 0.1) is 13.8 Å². The second kappa shape index (κ2) is 8.78. The van der Waals surface area contributed by atoms with E-state index in [9.17, 15) is 4.79 Å². The lowest BCUT2D eigenvalue weighted by Gasteiger charge is -2.15. The van der Waals surface area contributed by atoms with Crippen LogP contribution in [0.4, 0.5) is 0 Å². The van der Waals surface area contributed by atoms with Crippen LogP contribution in [0.15, 0.2) is 23.4 Å². The zero-order chi connectivity index (χ0) is 19.4. The molecule has 1 N–H and O–H groups in total. The number of ether oxygens (including phenoxy) is 1. The average molecular weight is 389 g/mol. The fourth-order valence-corrected chi connectivity index (χ4v) is 4.05. The van der Waals surface area contributed by atoms with Crippen LogP contribution in [0.3, 0.4) is 0 Å². The SMILES string of the molecule is Cc1ccc(OC(C)c2nnc(SCC(=O)NC3CCCC3)n2C)cc1C. The van der Waals surface area contributed by atoms with Crippen molar-refractivity contribution >= 4 is 17.7 Å². The van der Waals surface area contributed by atoms with Gasteiger partial charge in [0.05, 0.1) is 5.75 Å². The summed E-state index contributed by atoms with van der Waals surface area (Å²) in [6, 6.07) is 6.40. The van der Waals surface area contributed by atoms with Gasteiger partial charge in [0, 0.05) is 13.1 Å². The smallest absolute Gasteiger partial charge is 0.230 e. The minimum absolute atomic E-state index is 0.0656. The van der Waals surface area contributed by atoms with Crippen LogP contribution < -0.4 is 10.1 Å². The van der Waals surface area contributed by atoms with Gasteiger partial charge in [-0.05, 0) is 56.9 Å². The second-order valence-corrected chi connectivity index (χ2v) is 8.19. The van der Waals surface area contributed by atoms with E-state index in [1.165, 1.54) is 35.7 Å². The Kier molecular flexibility index (Phi) is 6.42. The molecular weight excluding hydrogens is 360 g/mol. The Balaban J connectivity index is 1.56. The third-order valence-corrected chi connectivity index (χ3v) is 6.10. The van der Waals surface area contributed by atoms with Gasteiger partial charge in [0.2, 0.25) is 5.91 Å². The van der Waals surface area contributed by atoms with Crippen molar-refractivity contribution in [2.75, 3.05) is 5.75 Å². The Morgan fingerprint density at radius 2 is 2.04 bits per heavy atom. The fourth-order valence-electron chi connectivity index (χ4n) is 3.32. The van der Waals surface area contributed by atoms with E-state index in [0.717, 1.165) is 29.6 Å². The molecule has 3 rings (SSSR count). The molecule has 0 aliphatic heterocycles. The maximum absolute atomic E-state index is 12.1. The lowest BCUT2D eigenvalue weighted by molar-refractivity contribution is -0.119. The molecule has 1 atom stereocenters. The molecular formula is C20H28N4O2S. The first-order chi connectivity index (χ1) is 12.9. The van der Waals surface area contributed by atoms with Crippen molar-refractivity contribution in [3.63, 3.8) is 0 Å². The van der Waals surface area contributed by atoms with E-state index >= 15 is 0 Å². The molecule has 0 bridgehead atoms. The third kappa shape index (κ3) is 5.03. The van der Waals surface area contributed by atoms with Crippen LogP contribution in [-0.4, -0.2) is 32.5 Å². The summed E-state index contributed by atoms with van der Waals surface area (Å²) in [5.74, 6) is 1.98. The number of carbonyl (C=O) groups excluding carboxylic acids is 1. The van der Waals surface area contributed by atoms with Crippen LogP contribution in [0.25, 0.3) is 0 Å². The molecule has 1 aromatic heterocycles. The number of rotatable bonds is 7. The van der Waals surface area contributed by atoms with Crippen molar-refractivity contribution in [1.82, 2.24) is 20.1 Å². The monoisotopic (exact) mass is 388 g/mol. The molecule has 146 valence electrons. The van der Waals surface area contributed by atoms with Crippen LogP contribution in [0.1, 0.15) is 55.7 Å². The van der Waals surface area contributed by atoms with Gasteiger partial charge in [-0.2, -0.15) is 0 Å². The molecule has 7 heteroatoms. The third-order valence-electron chi connectivity index (χ3n) is 5.08. The standard InChI is InChI=1S/C20H28N4O2S/c1-13-9-10-17(11-14(13)2)26-15(3)19-22-23-20(24(19)4)27-12-18(25)21-16-7-5-6-8-16/h9-11,15-16H,5-8,12H2,1-4H3,(H,21,25). The molecule has 27 heavy (non-hydrogen) atoms. The number of carbonyl (C=O) groups is 1. The molecule has 1 saturated carbocycles. The molecule has 1 unspecified atom stereocenters. The van der Waals surface area contributed by atoms with Crippen molar-refractivity contribution in [1.29, 1.82) is 0 Å². The number of nitrogens with one attached hydrogen (secondary N) is 1. The molecule has 6 nitrogen and oxygen atoms in total. The van der Waals surface area contributed by atoms with Gasteiger partial charge in [-0.15, -0.1) is 10.2 Å². The van der Waals surface area contributed by atoms with Gasteiger partial charge in [-0.3, -0.25) is 4.79 Å². The van der Waals surface area contributed by atoms with Crippen molar-refractivity contribution < 1.29 is 9.53 Å². The summed E-state index contributed by atoms with van der Waals surface area (Å²) in [6.07, 6.45) is 4.38. The minimum Gasteiger partial charge on any atom is -0.483 e.